The minimum atomic E-state index is -4.76. The number of benzene rings is 2. The van der Waals surface area contributed by atoms with Gasteiger partial charge in [-0.1, -0.05) is 6.07 Å². The summed E-state index contributed by atoms with van der Waals surface area (Å²) >= 11 is 1.16. The Morgan fingerprint density at radius 3 is 2.47 bits per heavy atom. The third kappa shape index (κ3) is 4.92. The van der Waals surface area contributed by atoms with E-state index in [2.05, 4.69) is 15.0 Å². The van der Waals surface area contributed by atoms with Gasteiger partial charge in [-0.15, -0.1) is 24.5 Å². The molecular formula is C25H21F4N3O3S. The zero-order valence-electron chi connectivity index (χ0n) is 19.1. The monoisotopic (exact) mass is 519 g/mol. The molecule has 0 unspecified atom stereocenters. The number of likely N-dealkylation sites (tertiary alicyclic amines) is 1. The van der Waals surface area contributed by atoms with Gasteiger partial charge in [0.2, 0.25) is 5.91 Å². The van der Waals surface area contributed by atoms with Crippen LogP contribution in [0.5, 0.6) is 5.75 Å². The van der Waals surface area contributed by atoms with E-state index in [1.54, 1.807) is 24.0 Å². The van der Waals surface area contributed by atoms with Gasteiger partial charge in [0.15, 0.2) is 0 Å². The Bertz CT molecular complexity index is 1310. The average molecular weight is 520 g/mol. The number of amides is 2. The number of alkyl halides is 3. The van der Waals surface area contributed by atoms with Gasteiger partial charge in [-0.25, -0.2) is 9.37 Å². The van der Waals surface area contributed by atoms with Gasteiger partial charge in [0.1, 0.15) is 21.5 Å². The molecule has 1 saturated carbocycles. The zero-order chi connectivity index (χ0) is 25.7. The van der Waals surface area contributed by atoms with Crippen LogP contribution in [0.4, 0.5) is 23.2 Å². The van der Waals surface area contributed by atoms with Crippen molar-refractivity contribution in [2.75, 3.05) is 18.4 Å². The van der Waals surface area contributed by atoms with E-state index in [0.717, 1.165) is 16.9 Å². The van der Waals surface area contributed by atoms with Crippen LogP contribution in [-0.4, -0.2) is 41.2 Å². The first-order valence-electron chi connectivity index (χ1n) is 11.2. The summed E-state index contributed by atoms with van der Waals surface area (Å²) in [5.41, 5.74) is 1.42. The van der Waals surface area contributed by atoms with E-state index in [9.17, 15) is 27.2 Å². The standard InChI is InChI=1S/C25H21F4N3O3S/c1-14-2-7-19(18(26)8-14)31-21(33)16-9-24(10-16)12-32(13-24)23(34)20-11-30-22(36-20)15-3-5-17(6-4-15)35-25(27,28)29/h2-8,11,16H,9-10,12-13H2,1H3,(H,31,33). The minimum Gasteiger partial charge on any atom is -0.406 e. The van der Waals surface area contributed by atoms with Crippen molar-refractivity contribution in [3.63, 3.8) is 0 Å². The number of hydrogen-bond donors (Lipinski definition) is 1. The summed E-state index contributed by atoms with van der Waals surface area (Å²) in [5.74, 6) is -1.40. The predicted molar refractivity (Wildman–Crippen MR) is 125 cm³/mol. The van der Waals surface area contributed by atoms with Crippen LogP contribution in [0.15, 0.2) is 48.7 Å². The lowest BCUT2D eigenvalue weighted by molar-refractivity contribution is -0.274. The summed E-state index contributed by atoms with van der Waals surface area (Å²) in [5, 5.41) is 3.16. The summed E-state index contributed by atoms with van der Waals surface area (Å²) in [6, 6.07) is 9.95. The summed E-state index contributed by atoms with van der Waals surface area (Å²) in [6.45, 7) is 2.84. The van der Waals surface area contributed by atoms with Gasteiger partial charge in [-0.3, -0.25) is 9.59 Å². The lowest BCUT2D eigenvalue weighted by Gasteiger charge is -2.58. The van der Waals surface area contributed by atoms with E-state index in [4.69, 9.17) is 0 Å². The normalized spacial score (nSPS) is 16.9. The Morgan fingerprint density at radius 2 is 1.83 bits per heavy atom. The fourth-order valence-corrected chi connectivity index (χ4v) is 5.64. The summed E-state index contributed by atoms with van der Waals surface area (Å²) in [7, 11) is 0. The maximum Gasteiger partial charge on any atom is 0.573 e. The maximum atomic E-state index is 14.0. The summed E-state index contributed by atoms with van der Waals surface area (Å²) in [4.78, 5) is 31.7. The van der Waals surface area contributed by atoms with Crippen molar-refractivity contribution in [1.29, 1.82) is 0 Å². The first-order valence-corrected chi connectivity index (χ1v) is 12.0. The van der Waals surface area contributed by atoms with Gasteiger partial charge in [-0.2, -0.15) is 0 Å². The second-order valence-electron chi connectivity index (χ2n) is 9.34. The molecule has 36 heavy (non-hydrogen) atoms. The fourth-order valence-electron chi connectivity index (χ4n) is 4.75. The molecule has 1 saturated heterocycles. The molecule has 2 aliphatic rings. The second-order valence-corrected chi connectivity index (χ2v) is 10.4. The molecule has 0 radical (unpaired) electrons. The number of nitrogens with one attached hydrogen (secondary N) is 1. The first kappa shape index (κ1) is 24.2. The van der Waals surface area contributed by atoms with Crippen LogP contribution < -0.4 is 10.1 Å². The van der Waals surface area contributed by atoms with Crippen molar-refractivity contribution < 1.29 is 31.9 Å². The van der Waals surface area contributed by atoms with Crippen molar-refractivity contribution in [2.45, 2.75) is 26.1 Å². The molecule has 2 amide bonds. The molecule has 11 heteroatoms. The molecular weight excluding hydrogens is 498 g/mol. The number of halogens is 4. The number of hydrogen-bond acceptors (Lipinski definition) is 5. The summed E-state index contributed by atoms with van der Waals surface area (Å²) < 4.78 is 54.8. The van der Waals surface area contributed by atoms with Crippen LogP contribution in [0.3, 0.4) is 0 Å². The molecule has 1 aliphatic heterocycles. The highest BCUT2D eigenvalue weighted by Crippen LogP contribution is 2.52. The Kier molecular flexibility index (Phi) is 5.98. The van der Waals surface area contributed by atoms with Crippen molar-refractivity contribution in [2.24, 2.45) is 11.3 Å². The molecule has 2 heterocycles. The highest BCUT2D eigenvalue weighted by Gasteiger charge is 2.55. The Labute approximate surface area is 207 Å². The molecule has 0 bridgehead atoms. The maximum absolute atomic E-state index is 14.0. The van der Waals surface area contributed by atoms with Gasteiger partial charge >= 0.3 is 6.36 Å². The highest BCUT2D eigenvalue weighted by atomic mass is 32.1. The van der Waals surface area contributed by atoms with Crippen molar-refractivity contribution >= 4 is 28.8 Å². The third-order valence-corrected chi connectivity index (χ3v) is 7.54. The van der Waals surface area contributed by atoms with Gasteiger partial charge in [-0.05, 0) is 61.7 Å². The van der Waals surface area contributed by atoms with E-state index in [1.807, 2.05) is 0 Å². The van der Waals surface area contributed by atoms with Gasteiger partial charge < -0.3 is 15.0 Å². The fraction of sp³-hybridized carbons (Fsp3) is 0.320. The van der Waals surface area contributed by atoms with Gasteiger partial charge in [0.25, 0.3) is 5.91 Å². The number of rotatable bonds is 5. The van der Waals surface area contributed by atoms with E-state index < -0.39 is 12.2 Å². The quantitative estimate of drug-likeness (QED) is 0.443. The number of nitrogens with zero attached hydrogens (tertiary/aromatic N) is 2. The number of aryl methyl sites for hydroxylation is 1. The van der Waals surface area contributed by atoms with Crippen LogP contribution in [0, 0.1) is 24.1 Å². The first-order chi connectivity index (χ1) is 17.0. The topological polar surface area (TPSA) is 71.5 Å². The molecule has 3 aromatic rings. The van der Waals surface area contributed by atoms with Crippen LogP contribution in [0.1, 0.15) is 28.1 Å². The molecule has 1 aliphatic carbocycles. The molecule has 5 rings (SSSR count). The zero-order valence-corrected chi connectivity index (χ0v) is 19.9. The summed E-state index contributed by atoms with van der Waals surface area (Å²) in [6.07, 6.45) is -2.03. The van der Waals surface area contributed by atoms with E-state index in [1.165, 1.54) is 36.5 Å². The lowest BCUT2D eigenvalue weighted by atomic mass is 9.57. The van der Waals surface area contributed by atoms with Crippen LogP contribution in [-0.2, 0) is 4.79 Å². The molecule has 188 valence electrons. The number of ether oxygens (including phenoxy) is 1. The number of anilines is 1. The van der Waals surface area contributed by atoms with Crippen LogP contribution >= 0.6 is 11.3 Å². The Hall–Kier alpha value is -3.47. The lowest BCUT2D eigenvalue weighted by Crippen LogP contribution is -2.64. The smallest absolute Gasteiger partial charge is 0.406 e. The van der Waals surface area contributed by atoms with Gasteiger partial charge in [0, 0.05) is 30.0 Å². The number of carbonyl (C=O) groups is 2. The molecule has 1 N–H and O–H groups in total. The molecule has 2 fully saturated rings. The van der Waals surface area contributed by atoms with E-state index in [-0.39, 0.29) is 34.6 Å². The SMILES string of the molecule is Cc1ccc(NC(=O)C2CC3(C2)CN(C(=O)c2cnc(-c4ccc(OC(F)(F)F)cc4)s2)C3)c(F)c1. The van der Waals surface area contributed by atoms with Crippen LogP contribution in [0.2, 0.25) is 0 Å². The molecule has 1 spiro atoms. The van der Waals surface area contributed by atoms with E-state index in [0.29, 0.717) is 41.4 Å². The Morgan fingerprint density at radius 1 is 1.14 bits per heavy atom. The number of thiazole rings is 1. The minimum absolute atomic E-state index is 0.0919. The van der Waals surface area contributed by atoms with Crippen LogP contribution in [0.25, 0.3) is 10.6 Å². The van der Waals surface area contributed by atoms with Crippen molar-refractivity contribution in [3.05, 3.63) is 64.9 Å². The largest absolute Gasteiger partial charge is 0.573 e. The second kappa shape index (κ2) is 8.88. The number of aromatic nitrogens is 1. The van der Waals surface area contributed by atoms with Crippen molar-refractivity contribution in [3.8, 4) is 16.3 Å². The Balaban J connectivity index is 1.13. The highest BCUT2D eigenvalue weighted by molar-refractivity contribution is 7.16. The molecule has 6 nitrogen and oxygen atoms in total. The average Bonchev–Trinajstić information content (AvgIpc) is 3.23. The van der Waals surface area contributed by atoms with Crippen molar-refractivity contribution in [1.82, 2.24) is 9.88 Å². The predicted octanol–water partition coefficient (Wildman–Crippen LogP) is 5.65. The number of carbonyl (C=O) groups excluding carboxylic acids is 2. The molecule has 0 atom stereocenters. The van der Waals surface area contributed by atoms with E-state index >= 15 is 0 Å². The molecule has 1 aromatic heterocycles. The third-order valence-electron chi connectivity index (χ3n) is 6.50. The van der Waals surface area contributed by atoms with Gasteiger partial charge in [0.05, 0.1) is 11.9 Å². The molecule has 2 aromatic carbocycles.